The third-order valence-electron chi connectivity index (χ3n) is 6.43. The number of thiophene rings is 1. The number of carbonyl (C=O) groups is 2. The fraction of sp³-hybridized carbons (Fsp3) is 0.357. The van der Waals surface area contributed by atoms with E-state index in [4.69, 9.17) is 21.1 Å². The fourth-order valence-electron chi connectivity index (χ4n) is 4.44. The summed E-state index contributed by atoms with van der Waals surface area (Å²) in [5, 5.41) is 2.70. The van der Waals surface area contributed by atoms with E-state index >= 15 is 0 Å². The number of benzene rings is 2. The molecule has 0 N–H and O–H groups in total. The Morgan fingerprint density at radius 3 is 2.70 bits per heavy atom. The van der Waals surface area contributed by atoms with Crippen LogP contribution in [0.3, 0.4) is 0 Å². The Balaban J connectivity index is 1.52. The van der Waals surface area contributed by atoms with Crippen molar-refractivity contribution in [2.45, 2.75) is 25.8 Å². The van der Waals surface area contributed by atoms with E-state index in [2.05, 4.69) is 0 Å². The average molecular weight is 545 g/mol. The van der Waals surface area contributed by atoms with E-state index in [0.29, 0.717) is 42.5 Å². The van der Waals surface area contributed by atoms with Crippen LogP contribution in [0.2, 0.25) is 5.02 Å². The lowest BCUT2D eigenvalue weighted by Gasteiger charge is -2.37. The molecule has 0 radical (unpaired) electrons. The highest BCUT2D eigenvalue weighted by molar-refractivity contribution is 7.10. The van der Waals surface area contributed by atoms with Crippen molar-refractivity contribution in [2.75, 3.05) is 40.0 Å². The van der Waals surface area contributed by atoms with Gasteiger partial charge in [0.25, 0.3) is 5.91 Å². The largest absolute Gasteiger partial charge is 0.491 e. The van der Waals surface area contributed by atoms with Crippen molar-refractivity contribution < 1.29 is 23.5 Å². The first kappa shape index (κ1) is 27.1. The van der Waals surface area contributed by atoms with Crippen molar-refractivity contribution in [3.63, 3.8) is 0 Å². The van der Waals surface area contributed by atoms with E-state index in [1.54, 1.807) is 29.4 Å². The van der Waals surface area contributed by atoms with E-state index in [1.165, 1.54) is 34.0 Å². The molecule has 6 nitrogen and oxygen atoms in total. The minimum atomic E-state index is -0.419. The van der Waals surface area contributed by atoms with Gasteiger partial charge in [0.2, 0.25) is 5.91 Å². The number of methoxy groups -OCH3 is 1. The number of fused-ring (bicyclic) bond motifs is 1. The van der Waals surface area contributed by atoms with Gasteiger partial charge in [0.15, 0.2) is 0 Å². The van der Waals surface area contributed by atoms with Gasteiger partial charge >= 0.3 is 0 Å². The molecule has 1 aliphatic heterocycles. The Labute approximate surface area is 225 Å². The highest BCUT2D eigenvalue weighted by Gasteiger charge is 2.33. The zero-order chi connectivity index (χ0) is 26.4. The van der Waals surface area contributed by atoms with Crippen molar-refractivity contribution in [1.29, 1.82) is 0 Å². The number of rotatable bonds is 10. The summed E-state index contributed by atoms with van der Waals surface area (Å²) in [4.78, 5) is 31.4. The lowest BCUT2D eigenvalue weighted by atomic mass is 10.00. The quantitative estimate of drug-likeness (QED) is 0.315. The molecule has 0 saturated carbocycles. The van der Waals surface area contributed by atoms with Gasteiger partial charge in [-0.15, -0.1) is 11.3 Å². The van der Waals surface area contributed by atoms with Crippen molar-refractivity contribution in [2.24, 2.45) is 0 Å². The number of ether oxygens (including phenoxy) is 2. The molecule has 2 amide bonds. The third kappa shape index (κ3) is 6.69. The van der Waals surface area contributed by atoms with E-state index in [0.717, 1.165) is 17.5 Å². The van der Waals surface area contributed by atoms with Gasteiger partial charge < -0.3 is 19.3 Å². The number of halogens is 2. The van der Waals surface area contributed by atoms with Gasteiger partial charge in [0.05, 0.1) is 6.04 Å². The molecule has 0 fully saturated rings. The molecule has 0 aliphatic carbocycles. The predicted molar refractivity (Wildman–Crippen MR) is 143 cm³/mol. The third-order valence-corrected chi connectivity index (χ3v) is 7.85. The maximum absolute atomic E-state index is 13.7. The summed E-state index contributed by atoms with van der Waals surface area (Å²) in [5.74, 6) is -0.214. The van der Waals surface area contributed by atoms with E-state index in [-0.39, 0.29) is 31.0 Å². The summed E-state index contributed by atoms with van der Waals surface area (Å²) in [6, 6.07) is 12.6. The molecule has 0 spiro atoms. The second kappa shape index (κ2) is 12.5. The summed E-state index contributed by atoms with van der Waals surface area (Å²) in [6.07, 6.45) is 1.33. The van der Waals surface area contributed by atoms with Crippen LogP contribution in [0.15, 0.2) is 53.9 Å². The second-order valence-corrected chi connectivity index (χ2v) is 10.4. The zero-order valence-corrected chi connectivity index (χ0v) is 22.5. The smallest absolute Gasteiger partial charge is 0.254 e. The molecule has 9 heteroatoms. The molecule has 0 saturated heterocycles. The van der Waals surface area contributed by atoms with Crippen LogP contribution in [-0.2, 0) is 16.0 Å². The van der Waals surface area contributed by atoms with Gasteiger partial charge in [0, 0.05) is 42.3 Å². The highest BCUT2D eigenvalue weighted by Crippen LogP contribution is 2.34. The molecule has 1 aliphatic rings. The van der Waals surface area contributed by atoms with Gasteiger partial charge in [-0.05, 0) is 84.8 Å². The van der Waals surface area contributed by atoms with Crippen molar-refractivity contribution in [1.82, 2.24) is 9.80 Å². The molecule has 196 valence electrons. The van der Waals surface area contributed by atoms with E-state index in [1.807, 2.05) is 30.5 Å². The monoisotopic (exact) mass is 544 g/mol. The number of nitrogens with zero attached hydrogens (tertiary/aromatic N) is 2. The second-order valence-electron chi connectivity index (χ2n) is 8.95. The summed E-state index contributed by atoms with van der Waals surface area (Å²) >= 11 is 7.83. The summed E-state index contributed by atoms with van der Waals surface area (Å²) in [5.41, 5.74) is 2.33. The van der Waals surface area contributed by atoms with Crippen LogP contribution in [0.1, 0.15) is 38.8 Å². The topological polar surface area (TPSA) is 59.1 Å². The van der Waals surface area contributed by atoms with Crippen LogP contribution in [0.25, 0.3) is 0 Å². The van der Waals surface area contributed by atoms with Crippen LogP contribution in [0.4, 0.5) is 4.39 Å². The molecular formula is C28H30ClFN2O4S. The minimum Gasteiger partial charge on any atom is -0.491 e. The van der Waals surface area contributed by atoms with Gasteiger partial charge in [-0.3, -0.25) is 9.59 Å². The molecule has 1 aromatic heterocycles. The lowest BCUT2D eigenvalue weighted by molar-refractivity contribution is -0.135. The first-order valence-electron chi connectivity index (χ1n) is 12.2. The van der Waals surface area contributed by atoms with Crippen LogP contribution in [0.5, 0.6) is 5.75 Å². The predicted octanol–water partition coefficient (Wildman–Crippen LogP) is 5.53. The van der Waals surface area contributed by atoms with Gasteiger partial charge in [-0.25, -0.2) is 4.39 Å². The first-order chi connectivity index (χ1) is 17.9. The number of hydrogen-bond donors (Lipinski definition) is 0. The summed E-state index contributed by atoms with van der Waals surface area (Å²) in [7, 11) is 1.59. The summed E-state index contributed by atoms with van der Waals surface area (Å²) < 4.78 is 24.7. The molecule has 3 aromatic rings. The highest BCUT2D eigenvalue weighted by atomic mass is 35.5. The van der Waals surface area contributed by atoms with Gasteiger partial charge in [0.1, 0.15) is 24.7 Å². The first-order valence-corrected chi connectivity index (χ1v) is 13.4. The summed E-state index contributed by atoms with van der Waals surface area (Å²) in [6.45, 7) is 3.45. The van der Waals surface area contributed by atoms with Crippen LogP contribution in [0, 0.1) is 12.7 Å². The molecule has 2 aromatic carbocycles. The molecule has 2 heterocycles. The van der Waals surface area contributed by atoms with E-state index < -0.39 is 5.82 Å². The van der Waals surface area contributed by atoms with Crippen LogP contribution in [-0.4, -0.2) is 61.6 Å². The fourth-order valence-corrected chi connectivity index (χ4v) is 5.48. The van der Waals surface area contributed by atoms with Crippen molar-refractivity contribution >= 4 is 34.8 Å². The van der Waals surface area contributed by atoms with Crippen molar-refractivity contribution in [3.8, 4) is 5.75 Å². The number of amides is 2. The van der Waals surface area contributed by atoms with Crippen molar-refractivity contribution in [3.05, 3.63) is 86.3 Å². The van der Waals surface area contributed by atoms with E-state index in [9.17, 15) is 14.0 Å². The maximum atomic E-state index is 13.7. The molecular weight excluding hydrogens is 515 g/mol. The normalized spacial score (nSPS) is 14.8. The maximum Gasteiger partial charge on any atom is 0.254 e. The Hall–Kier alpha value is -2.94. The molecule has 1 unspecified atom stereocenters. The Morgan fingerprint density at radius 1 is 1.19 bits per heavy atom. The van der Waals surface area contributed by atoms with Crippen LogP contribution >= 0.6 is 22.9 Å². The number of carbonyl (C=O) groups excluding carboxylic acids is 2. The minimum absolute atomic E-state index is 0.0874. The standard InChI is InChI=1S/C28H30ClFN2O4S/c1-19-16-22(8-9-24(19)29)36-18-25-23-11-15-37-26(23)10-13-32(25)27(33)17-31(12-3-14-35-2)28(34)20-4-6-21(30)7-5-20/h4-9,11,15-16,25H,3,10,12-14,17-18H2,1-2H3. The van der Waals surface area contributed by atoms with Crippen LogP contribution < -0.4 is 4.74 Å². The zero-order valence-electron chi connectivity index (χ0n) is 20.9. The lowest BCUT2D eigenvalue weighted by Crippen LogP contribution is -2.48. The molecule has 1 atom stereocenters. The number of aryl methyl sites for hydroxylation is 1. The SMILES string of the molecule is COCCCN(CC(=O)N1CCc2sccc2C1COc1ccc(Cl)c(C)c1)C(=O)c1ccc(F)cc1. The van der Waals surface area contributed by atoms with Gasteiger partial charge in [-0.2, -0.15) is 0 Å². The molecule has 37 heavy (non-hydrogen) atoms. The Bertz CT molecular complexity index is 1230. The van der Waals surface area contributed by atoms with Gasteiger partial charge in [-0.1, -0.05) is 11.6 Å². The average Bonchev–Trinajstić information content (AvgIpc) is 3.38. The Kier molecular flexibility index (Phi) is 9.18. The molecule has 0 bridgehead atoms. The molecule has 4 rings (SSSR count). The Morgan fingerprint density at radius 2 is 1.97 bits per heavy atom. The number of hydrogen-bond acceptors (Lipinski definition) is 5.